The first-order valence-electron chi connectivity index (χ1n) is 4.78. The molecule has 0 spiro atoms. The molecule has 1 aromatic heterocycles. The smallest absolute Gasteiger partial charge is 0.382 e. The second-order valence-corrected chi connectivity index (χ2v) is 3.59. The fourth-order valence-electron chi connectivity index (χ4n) is 1.46. The average Bonchev–Trinajstić information content (AvgIpc) is 2.67. The molecule has 1 aromatic carbocycles. The zero-order valence-electron chi connectivity index (χ0n) is 8.97. The molecule has 0 saturated heterocycles. The molecular formula is C10H5F6N3. The van der Waals surface area contributed by atoms with Crippen LogP contribution in [0.2, 0.25) is 0 Å². The van der Waals surface area contributed by atoms with E-state index in [2.05, 4.69) is 5.10 Å². The van der Waals surface area contributed by atoms with Gasteiger partial charge in [-0.1, -0.05) is 0 Å². The van der Waals surface area contributed by atoms with Crippen molar-refractivity contribution in [3.8, 4) is 5.69 Å². The minimum atomic E-state index is -4.83. The van der Waals surface area contributed by atoms with Crippen molar-refractivity contribution >= 4 is 5.82 Å². The third-order valence-electron chi connectivity index (χ3n) is 2.23. The van der Waals surface area contributed by atoms with Crippen molar-refractivity contribution in [2.75, 3.05) is 5.73 Å². The predicted octanol–water partition coefficient (Wildman–Crippen LogP) is 2.89. The maximum atomic E-state index is 13.0. The molecule has 0 saturated carbocycles. The summed E-state index contributed by atoms with van der Waals surface area (Å²) >= 11 is 0. The van der Waals surface area contributed by atoms with E-state index in [1.54, 1.807) is 0 Å². The fourth-order valence-corrected chi connectivity index (χ4v) is 1.46. The van der Waals surface area contributed by atoms with Crippen LogP contribution in [-0.4, -0.2) is 9.78 Å². The average molecular weight is 281 g/mol. The Balaban J connectivity index is 2.66. The first-order valence-corrected chi connectivity index (χ1v) is 4.78. The Morgan fingerprint density at radius 1 is 1.00 bits per heavy atom. The van der Waals surface area contributed by atoms with Crippen LogP contribution in [-0.2, 0) is 6.18 Å². The number of aromatic nitrogens is 2. The van der Waals surface area contributed by atoms with Crippen LogP contribution in [0.3, 0.4) is 0 Å². The molecule has 0 atom stereocenters. The van der Waals surface area contributed by atoms with Gasteiger partial charge in [-0.3, -0.25) is 0 Å². The van der Waals surface area contributed by atoms with Gasteiger partial charge in [-0.25, -0.2) is 17.9 Å². The highest BCUT2D eigenvalue weighted by Crippen LogP contribution is 2.32. The molecule has 2 rings (SSSR count). The summed E-state index contributed by atoms with van der Waals surface area (Å²) in [5.41, 5.74) is 3.18. The van der Waals surface area contributed by atoms with Crippen molar-refractivity contribution in [3.05, 3.63) is 41.3 Å². The number of nitrogens with zero attached hydrogens (tertiary/aromatic N) is 2. The summed E-state index contributed by atoms with van der Waals surface area (Å²) < 4.78 is 76.9. The maximum absolute atomic E-state index is 13.0. The van der Waals surface area contributed by atoms with Crippen LogP contribution in [0.15, 0.2) is 18.2 Å². The van der Waals surface area contributed by atoms with Gasteiger partial charge in [0, 0.05) is 18.2 Å². The summed E-state index contributed by atoms with van der Waals surface area (Å²) in [5, 5.41) is 3.28. The maximum Gasteiger partial charge on any atom is 0.433 e. The topological polar surface area (TPSA) is 43.8 Å². The van der Waals surface area contributed by atoms with Gasteiger partial charge in [0.2, 0.25) is 0 Å². The van der Waals surface area contributed by atoms with Gasteiger partial charge in [0.25, 0.3) is 0 Å². The molecule has 0 aliphatic rings. The Labute approximate surface area is 102 Å². The summed E-state index contributed by atoms with van der Waals surface area (Å²) in [4.78, 5) is 0. The minimum Gasteiger partial charge on any atom is -0.382 e. The van der Waals surface area contributed by atoms with E-state index >= 15 is 0 Å². The first kappa shape index (κ1) is 13.2. The highest BCUT2D eigenvalue weighted by atomic mass is 19.4. The van der Waals surface area contributed by atoms with E-state index < -0.39 is 40.8 Å². The standard InChI is InChI=1S/C10H5F6N3/c11-5-1-4(2-6(12)9(5)13)19-7(10(14,15)16)3-8(17)18-19/h1-3H,(H2,17,18). The molecule has 0 unspecified atom stereocenters. The molecule has 2 aromatic rings. The van der Waals surface area contributed by atoms with E-state index in [0.717, 1.165) is 0 Å². The third kappa shape index (κ3) is 2.35. The lowest BCUT2D eigenvalue weighted by atomic mass is 10.2. The Morgan fingerprint density at radius 2 is 1.53 bits per heavy atom. The fraction of sp³-hybridized carbons (Fsp3) is 0.100. The molecule has 3 nitrogen and oxygen atoms in total. The Hall–Kier alpha value is -2.19. The summed E-state index contributed by atoms with van der Waals surface area (Å²) in [6.45, 7) is 0. The zero-order valence-corrected chi connectivity index (χ0v) is 8.97. The quantitative estimate of drug-likeness (QED) is 0.645. The lowest BCUT2D eigenvalue weighted by molar-refractivity contribution is -0.142. The van der Waals surface area contributed by atoms with E-state index in [1.165, 1.54) is 0 Å². The summed E-state index contributed by atoms with van der Waals surface area (Å²) in [6.07, 6.45) is -4.83. The van der Waals surface area contributed by atoms with Gasteiger partial charge in [0.15, 0.2) is 17.5 Å². The number of benzene rings is 1. The molecule has 0 amide bonds. The van der Waals surface area contributed by atoms with Crippen molar-refractivity contribution in [3.63, 3.8) is 0 Å². The number of nitrogen functional groups attached to an aromatic ring is 1. The number of hydrogen-bond donors (Lipinski definition) is 1. The SMILES string of the molecule is Nc1cc(C(F)(F)F)n(-c2cc(F)c(F)c(F)c2)n1. The van der Waals surface area contributed by atoms with Crippen LogP contribution in [0.25, 0.3) is 5.69 Å². The molecule has 19 heavy (non-hydrogen) atoms. The monoisotopic (exact) mass is 281 g/mol. The summed E-state index contributed by atoms with van der Waals surface area (Å²) in [6, 6.07) is 1.28. The van der Waals surface area contributed by atoms with Crippen LogP contribution in [0.1, 0.15) is 5.69 Å². The Morgan fingerprint density at radius 3 is 2.00 bits per heavy atom. The van der Waals surface area contributed by atoms with Crippen LogP contribution < -0.4 is 5.73 Å². The molecule has 2 N–H and O–H groups in total. The van der Waals surface area contributed by atoms with Crippen LogP contribution >= 0.6 is 0 Å². The van der Waals surface area contributed by atoms with Crippen LogP contribution in [0.5, 0.6) is 0 Å². The molecule has 102 valence electrons. The number of rotatable bonds is 1. The highest BCUT2D eigenvalue weighted by molar-refractivity contribution is 5.40. The second-order valence-electron chi connectivity index (χ2n) is 3.59. The van der Waals surface area contributed by atoms with Gasteiger partial charge in [0.05, 0.1) is 5.69 Å². The van der Waals surface area contributed by atoms with E-state index in [1.807, 2.05) is 0 Å². The number of halogens is 6. The molecule has 0 aliphatic carbocycles. The Kier molecular flexibility index (Phi) is 2.91. The number of nitrogens with two attached hydrogens (primary N) is 1. The normalized spacial score (nSPS) is 11.9. The lowest BCUT2D eigenvalue weighted by Crippen LogP contribution is -2.14. The Bertz CT molecular complexity index is 608. The largest absolute Gasteiger partial charge is 0.433 e. The van der Waals surface area contributed by atoms with Crippen LogP contribution in [0.4, 0.5) is 32.2 Å². The van der Waals surface area contributed by atoms with Gasteiger partial charge in [-0.05, 0) is 0 Å². The predicted molar refractivity (Wildman–Crippen MR) is 52.9 cm³/mol. The van der Waals surface area contributed by atoms with Gasteiger partial charge >= 0.3 is 6.18 Å². The summed E-state index contributed by atoms with van der Waals surface area (Å²) in [7, 11) is 0. The van der Waals surface area contributed by atoms with Gasteiger partial charge < -0.3 is 5.73 Å². The molecule has 9 heteroatoms. The number of alkyl halides is 3. The first-order chi connectivity index (χ1) is 8.70. The van der Waals surface area contributed by atoms with Gasteiger partial charge in [-0.15, -0.1) is 0 Å². The van der Waals surface area contributed by atoms with Crippen molar-refractivity contribution < 1.29 is 26.3 Å². The van der Waals surface area contributed by atoms with E-state index in [4.69, 9.17) is 5.73 Å². The lowest BCUT2D eigenvalue weighted by Gasteiger charge is -2.10. The number of hydrogen-bond acceptors (Lipinski definition) is 2. The van der Waals surface area contributed by atoms with Crippen molar-refractivity contribution in [2.24, 2.45) is 0 Å². The van der Waals surface area contributed by atoms with Gasteiger partial charge in [0.1, 0.15) is 11.5 Å². The third-order valence-corrected chi connectivity index (χ3v) is 2.23. The molecule has 0 bridgehead atoms. The second kappa shape index (κ2) is 4.18. The highest BCUT2D eigenvalue weighted by Gasteiger charge is 2.36. The minimum absolute atomic E-state index is 0.195. The van der Waals surface area contributed by atoms with E-state index in [0.29, 0.717) is 18.2 Å². The van der Waals surface area contributed by atoms with Crippen molar-refractivity contribution in [1.29, 1.82) is 0 Å². The summed E-state index contributed by atoms with van der Waals surface area (Å²) in [5.74, 6) is -5.52. The van der Waals surface area contributed by atoms with Crippen molar-refractivity contribution in [1.82, 2.24) is 9.78 Å². The van der Waals surface area contributed by atoms with Crippen molar-refractivity contribution in [2.45, 2.75) is 6.18 Å². The van der Waals surface area contributed by atoms with E-state index in [-0.39, 0.29) is 4.68 Å². The molecule has 0 fully saturated rings. The van der Waals surface area contributed by atoms with Crippen LogP contribution in [0, 0.1) is 17.5 Å². The zero-order chi connectivity index (χ0) is 14.4. The molecule has 0 radical (unpaired) electrons. The molecule has 0 aliphatic heterocycles. The van der Waals surface area contributed by atoms with E-state index in [9.17, 15) is 26.3 Å². The molecular weight excluding hydrogens is 276 g/mol. The number of anilines is 1. The molecule has 1 heterocycles. The van der Waals surface area contributed by atoms with Gasteiger partial charge in [-0.2, -0.15) is 18.3 Å².